The molecule has 1 aromatic rings. The molecular formula is C14H16ClFO3. The third-order valence-corrected chi connectivity index (χ3v) is 3.06. The van der Waals surface area contributed by atoms with E-state index in [0.717, 1.165) is 0 Å². The molecule has 0 saturated carbocycles. The van der Waals surface area contributed by atoms with Crippen molar-refractivity contribution in [2.45, 2.75) is 26.7 Å². The molecule has 0 saturated heterocycles. The molecule has 0 aliphatic carbocycles. The van der Waals surface area contributed by atoms with E-state index in [9.17, 15) is 14.0 Å². The van der Waals surface area contributed by atoms with Gasteiger partial charge in [-0.25, -0.2) is 4.39 Å². The van der Waals surface area contributed by atoms with Gasteiger partial charge < -0.3 is 4.74 Å². The molecule has 19 heavy (non-hydrogen) atoms. The summed E-state index contributed by atoms with van der Waals surface area (Å²) in [5.41, 5.74) is 0.195. The summed E-state index contributed by atoms with van der Waals surface area (Å²) in [6.45, 7) is 3.60. The van der Waals surface area contributed by atoms with Crippen LogP contribution in [0.15, 0.2) is 18.2 Å². The average molecular weight is 287 g/mol. The van der Waals surface area contributed by atoms with Crippen LogP contribution < -0.4 is 0 Å². The Kier molecular flexibility index (Phi) is 5.96. The van der Waals surface area contributed by atoms with Crippen LogP contribution in [-0.2, 0) is 20.7 Å². The zero-order valence-electron chi connectivity index (χ0n) is 10.9. The van der Waals surface area contributed by atoms with Crippen LogP contribution >= 0.6 is 11.6 Å². The number of carbonyl (C=O) groups is 2. The van der Waals surface area contributed by atoms with E-state index in [4.69, 9.17) is 16.3 Å². The second-order valence-electron chi connectivity index (χ2n) is 4.07. The molecule has 5 heteroatoms. The van der Waals surface area contributed by atoms with Crippen molar-refractivity contribution in [1.29, 1.82) is 0 Å². The Bertz CT molecular complexity index is 474. The van der Waals surface area contributed by atoms with Crippen molar-refractivity contribution < 1.29 is 18.7 Å². The molecule has 0 heterocycles. The number of benzene rings is 1. The van der Waals surface area contributed by atoms with Crippen molar-refractivity contribution >= 4 is 23.4 Å². The van der Waals surface area contributed by atoms with Crippen LogP contribution in [0, 0.1) is 11.7 Å². The lowest BCUT2D eigenvalue weighted by molar-refractivity contribution is -0.151. The fraction of sp³-hybridized carbons (Fsp3) is 0.429. The predicted octanol–water partition coefficient (Wildman–Crippen LogP) is 3.18. The van der Waals surface area contributed by atoms with Gasteiger partial charge in [0, 0.05) is 6.42 Å². The number of carbonyl (C=O) groups excluding carboxylic acids is 2. The molecule has 3 nitrogen and oxygen atoms in total. The first-order valence-electron chi connectivity index (χ1n) is 6.13. The van der Waals surface area contributed by atoms with Crippen LogP contribution in [0.1, 0.15) is 25.8 Å². The summed E-state index contributed by atoms with van der Waals surface area (Å²) < 4.78 is 18.5. The van der Waals surface area contributed by atoms with Crippen molar-refractivity contribution in [1.82, 2.24) is 0 Å². The van der Waals surface area contributed by atoms with Gasteiger partial charge in [-0.15, -0.1) is 0 Å². The van der Waals surface area contributed by atoms with Gasteiger partial charge in [-0.1, -0.05) is 30.7 Å². The van der Waals surface area contributed by atoms with Crippen molar-refractivity contribution in [3.63, 3.8) is 0 Å². The molecule has 0 aliphatic heterocycles. The van der Waals surface area contributed by atoms with E-state index in [0.29, 0.717) is 6.42 Å². The standard InChI is InChI=1S/C14H16ClFO3/c1-3-10(14(18)19-4-2)12(17)8-9-6-5-7-11(15)13(9)16/h5-7,10H,3-4,8H2,1-2H3. The minimum absolute atomic E-state index is 0.0329. The van der Waals surface area contributed by atoms with Gasteiger partial charge in [0.05, 0.1) is 11.6 Å². The van der Waals surface area contributed by atoms with E-state index in [2.05, 4.69) is 0 Å². The highest BCUT2D eigenvalue weighted by Crippen LogP contribution is 2.20. The monoisotopic (exact) mass is 286 g/mol. The smallest absolute Gasteiger partial charge is 0.316 e. The molecule has 1 atom stereocenters. The third kappa shape index (κ3) is 4.03. The Labute approximate surface area is 116 Å². The lowest BCUT2D eigenvalue weighted by atomic mass is 9.95. The Hall–Kier alpha value is -1.42. The number of rotatable bonds is 6. The molecule has 0 spiro atoms. The molecule has 1 unspecified atom stereocenters. The highest BCUT2D eigenvalue weighted by Gasteiger charge is 2.26. The minimum atomic E-state index is -0.849. The Morgan fingerprint density at radius 2 is 2.05 bits per heavy atom. The van der Waals surface area contributed by atoms with Gasteiger partial charge in [0.1, 0.15) is 11.7 Å². The number of hydrogen-bond donors (Lipinski definition) is 0. The van der Waals surface area contributed by atoms with Crippen LogP contribution in [0.4, 0.5) is 4.39 Å². The van der Waals surface area contributed by atoms with Gasteiger partial charge in [-0.05, 0) is 25.0 Å². The van der Waals surface area contributed by atoms with Gasteiger partial charge in [0.15, 0.2) is 5.78 Å². The van der Waals surface area contributed by atoms with Crippen LogP contribution in [0.3, 0.4) is 0 Å². The van der Waals surface area contributed by atoms with Crippen molar-refractivity contribution in [3.8, 4) is 0 Å². The normalized spacial score (nSPS) is 12.0. The number of Topliss-reactive ketones (excluding diaryl/α,β-unsaturated/α-hetero) is 1. The van der Waals surface area contributed by atoms with Crippen molar-refractivity contribution in [2.75, 3.05) is 6.61 Å². The summed E-state index contributed by atoms with van der Waals surface area (Å²) in [6, 6.07) is 4.46. The van der Waals surface area contributed by atoms with Gasteiger partial charge in [0.25, 0.3) is 0 Å². The maximum absolute atomic E-state index is 13.7. The SMILES string of the molecule is CCOC(=O)C(CC)C(=O)Cc1cccc(Cl)c1F. The zero-order valence-corrected chi connectivity index (χ0v) is 11.7. The molecular weight excluding hydrogens is 271 g/mol. The molecule has 1 rings (SSSR count). The van der Waals surface area contributed by atoms with E-state index in [1.807, 2.05) is 0 Å². The first kappa shape index (κ1) is 15.6. The minimum Gasteiger partial charge on any atom is -0.465 e. The summed E-state index contributed by atoms with van der Waals surface area (Å²) in [5, 5.41) is -0.0329. The maximum atomic E-state index is 13.7. The lowest BCUT2D eigenvalue weighted by Gasteiger charge is -2.12. The Balaban J connectivity index is 2.83. The number of ketones is 1. The van der Waals surface area contributed by atoms with E-state index in [-0.39, 0.29) is 29.4 Å². The zero-order chi connectivity index (χ0) is 14.4. The highest BCUT2D eigenvalue weighted by molar-refractivity contribution is 6.30. The van der Waals surface area contributed by atoms with Crippen LogP contribution in [0.5, 0.6) is 0 Å². The average Bonchev–Trinajstić information content (AvgIpc) is 2.36. The van der Waals surface area contributed by atoms with Gasteiger partial charge in [0.2, 0.25) is 0 Å². The predicted molar refractivity (Wildman–Crippen MR) is 70.5 cm³/mol. The highest BCUT2D eigenvalue weighted by atomic mass is 35.5. The van der Waals surface area contributed by atoms with E-state index < -0.39 is 17.7 Å². The molecule has 0 aliphatic rings. The molecule has 1 aromatic carbocycles. The molecule has 0 radical (unpaired) electrons. The Morgan fingerprint density at radius 1 is 1.37 bits per heavy atom. The molecule has 104 valence electrons. The number of ether oxygens (including phenoxy) is 1. The fourth-order valence-corrected chi connectivity index (χ4v) is 1.96. The first-order chi connectivity index (χ1) is 9.01. The summed E-state index contributed by atoms with van der Waals surface area (Å²) in [5.74, 6) is -2.38. The molecule has 0 N–H and O–H groups in total. The fourth-order valence-electron chi connectivity index (χ4n) is 1.76. The van der Waals surface area contributed by atoms with E-state index in [1.165, 1.54) is 12.1 Å². The van der Waals surface area contributed by atoms with Crippen molar-refractivity contribution in [2.24, 2.45) is 5.92 Å². The van der Waals surface area contributed by atoms with Crippen LogP contribution in [-0.4, -0.2) is 18.4 Å². The summed E-state index contributed by atoms with van der Waals surface area (Å²) in [7, 11) is 0. The third-order valence-electron chi connectivity index (χ3n) is 2.76. The van der Waals surface area contributed by atoms with E-state index >= 15 is 0 Å². The Morgan fingerprint density at radius 3 is 2.63 bits per heavy atom. The molecule has 0 bridgehead atoms. The second kappa shape index (κ2) is 7.24. The summed E-state index contributed by atoms with van der Waals surface area (Å²) in [6.07, 6.45) is 0.170. The molecule has 0 amide bonds. The maximum Gasteiger partial charge on any atom is 0.316 e. The summed E-state index contributed by atoms with van der Waals surface area (Å²) >= 11 is 5.65. The van der Waals surface area contributed by atoms with Crippen molar-refractivity contribution in [3.05, 3.63) is 34.6 Å². The van der Waals surface area contributed by atoms with Crippen LogP contribution in [0.2, 0.25) is 5.02 Å². The van der Waals surface area contributed by atoms with E-state index in [1.54, 1.807) is 19.9 Å². The van der Waals surface area contributed by atoms with Crippen LogP contribution in [0.25, 0.3) is 0 Å². The lowest BCUT2D eigenvalue weighted by Crippen LogP contribution is -2.27. The topological polar surface area (TPSA) is 43.4 Å². The largest absolute Gasteiger partial charge is 0.465 e. The number of hydrogen-bond acceptors (Lipinski definition) is 3. The van der Waals surface area contributed by atoms with Gasteiger partial charge in [-0.2, -0.15) is 0 Å². The van der Waals surface area contributed by atoms with Gasteiger partial charge in [-0.3, -0.25) is 9.59 Å². The summed E-state index contributed by atoms with van der Waals surface area (Å²) in [4.78, 5) is 23.6. The molecule has 0 aromatic heterocycles. The quantitative estimate of drug-likeness (QED) is 0.596. The number of esters is 1. The second-order valence-corrected chi connectivity index (χ2v) is 4.48. The first-order valence-corrected chi connectivity index (χ1v) is 6.51. The van der Waals surface area contributed by atoms with Gasteiger partial charge >= 0.3 is 5.97 Å². The molecule has 0 fully saturated rings. The number of halogens is 2.